The van der Waals surface area contributed by atoms with Gasteiger partial charge < -0.3 is 0 Å². The molecule has 128 valence electrons. The lowest BCUT2D eigenvalue weighted by Crippen LogP contribution is -2.29. The van der Waals surface area contributed by atoms with Gasteiger partial charge in [-0.2, -0.15) is 5.26 Å². The van der Waals surface area contributed by atoms with E-state index in [1.54, 1.807) is 6.20 Å². The lowest BCUT2D eigenvalue weighted by molar-refractivity contribution is -0.346. The van der Waals surface area contributed by atoms with Crippen LogP contribution in [0.2, 0.25) is 0 Å². The van der Waals surface area contributed by atoms with Crippen LogP contribution >= 0.6 is 11.3 Å². The van der Waals surface area contributed by atoms with Gasteiger partial charge in [-0.05, 0) is 36.7 Å². The maximum atomic E-state index is 9.14. The predicted octanol–water partition coefficient (Wildman–Crippen LogP) is 3.51. The number of aromatic amines is 2. The van der Waals surface area contributed by atoms with Crippen molar-refractivity contribution >= 4 is 33.3 Å². The van der Waals surface area contributed by atoms with Crippen molar-refractivity contribution in [2.75, 3.05) is 13.1 Å². The number of H-pyrrole nitrogens is 2. The van der Waals surface area contributed by atoms with Crippen LogP contribution in [-0.4, -0.2) is 28.0 Å². The molecule has 4 aromatic rings. The fraction of sp³-hybridized carbons (Fsp3) is 0.250. The molecule has 0 saturated carbocycles. The molecule has 0 saturated heterocycles. The molecule has 1 aliphatic rings. The van der Waals surface area contributed by atoms with Crippen molar-refractivity contribution in [3.63, 3.8) is 0 Å². The van der Waals surface area contributed by atoms with E-state index in [1.165, 1.54) is 20.9 Å². The third-order valence-electron chi connectivity index (χ3n) is 5.19. The van der Waals surface area contributed by atoms with Crippen LogP contribution in [0.5, 0.6) is 0 Å². The first-order valence-electron chi connectivity index (χ1n) is 8.82. The van der Waals surface area contributed by atoms with Crippen molar-refractivity contribution < 1.29 is 4.98 Å². The third-order valence-corrected chi connectivity index (χ3v) is 6.47. The topological polar surface area (TPSA) is 69.8 Å². The Balaban J connectivity index is 1.63. The van der Waals surface area contributed by atoms with Gasteiger partial charge in [0.15, 0.2) is 5.52 Å². The number of nitriles is 1. The highest BCUT2D eigenvalue weighted by Gasteiger charge is 2.20. The minimum atomic E-state index is 0.440. The predicted molar refractivity (Wildman–Crippen MR) is 103 cm³/mol. The van der Waals surface area contributed by atoms with E-state index in [0.29, 0.717) is 5.69 Å². The van der Waals surface area contributed by atoms with Crippen LogP contribution in [0.4, 0.5) is 0 Å². The van der Waals surface area contributed by atoms with Crippen LogP contribution in [0.1, 0.15) is 23.1 Å². The van der Waals surface area contributed by atoms with Gasteiger partial charge in [0.05, 0.1) is 17.8 Å². The molecule has 6 heteroatoms. The van der Waals surface area contributed by atoms with E-state index in [9.17, 15) is 0 Å². The van der Waals surface area contributed by atoms with Crippen LogP contribution in [0.25, 0.3) is 32.4 Å². The molecule has 0 radical (unpaired) electrons. The van der Waals surface area contributed by atoms with Crippen molar-refractivity contribution in [3.8, 4) is 16.5 Å². The summed E-state index contributed by atoms with van der Waals surface area (Å²) in [5, 5.41) is 11.3. The van der Waals surface area contributed by atoms with Gasteiger partial charge >= 0.3 is 0 Å². The highest BCUT2D eigenvalue weighted by molar-refractivity contribution is 7.15. The number of hydrogen-bond acceptors (Lipinski definition) is 4. The van der Waals surface area contributed by atoms with E-state index in [1.807, 2.05) is 17.4 Å². The smallest absolute Gasteiger partial charge is 0.285 e. The Morgan fingerprint density at radius 3 is 3.12 bits per heavy atom. The molecule has 0 spiro atoms. The zero-order chi connectivity index (χ0) is 17.7. The fourth-order valence-corrected chi connectivity index (χ4v) is 4.88. The molecule has 0 atom stereocenters. The van der Waals surface area contributed by atoms with Crippen molar-refractivity contribution in [1.29, 1.82) is 5.26 Å². The van der Waals surface area contributed by atoms with Crippen molar-refractivity contribution in [1.82, 2.24) is 14.9 Å². The molecule has 0 bridgehead atoms. The summed E-state index contributed by atoms with van der Waals surface area (Å²) in [7, 11) is 0. The molecular formula is C20H18N5S+. The SMILES string of the molecule is CCN1CCc2sc(-c3c[nH+]c4[nH]c5cnc(C#N)cc5c4c3)cc2C1. The summed E-state index contributed by atoms with van der Waals surface area (Å²) >= 11 is 1.90. The summed E-state index contributed by atoms with van der Waals surface area (Å²) in [6.45, 7) is 5.54. The van der Waals surface area contributed by atoms with Crippen LogP contribution in [0, 0.1) is 11.3 Å². The van der Waals surface area contributed by atoms with Crippen LogP contribution in [-0.2, 0) is 13.0 Å². The quantitative estimate of drug-likeness (QED) is 0.595. The summed E-state index contributed by atoms with van der Waals surface area (Å²) in [5.41, 5.74) is 5.00. The normalized spacial score (nSPS) is 14.6. The second-order valence-corrected chi connectivity index (χ2v) is 7.84. The number of nitrogens with one attached hydrogen (secondary N) is 2. The van der Waals surface area contributed by atoms with E-state index in [4.69, 9.17) is 5.26 Å². The number of nitrogens with zero attached hydrogens (tertiary/aromatic N) is 3. The molecule has 5 heterocycles. The second kappa shape index (κ2) is 5.90. The van der Waals surface area contributed by atoms with E-state index < -0.39 is 0 Å². The summed E-state index contributed by atoms with van der Waals surface area (Å²) in [4.78, 5) is 16.2. The number of pyridine rings is 2. The Labute approximate surface area is 154 Å². The van der Waals surface area contributed by atoms with E-state index in [2.05, 4.69) is 51.2 Å². The monoisotopic (exact) mass is 360 g/mol. The second-order valence-electron chi connectivity index (χ2n) is 6.71. The molecule has 0 aromatic carbocycles. The molecule has 5 rings (SSSR count). The van der Waals surface area contributed by atoms with Crippen LogP contribution < -0.4 is 4.98 Å². The molecule has 26 heavy (non-hydrogen) atoms. The lowest BCUT2D eigenvalue weighted by atomic mass is 10.1. The summed E-state index contributed by atoms with van der Waals surface area (Å²) < 4.78 is 0. The molecule has 4 aromatic heterocycles. The van der Waals surface area contributed by atoms with Crippen molar-refractivity contribution in [3.05, 3.63) is 46.7 Å². The zero-order valence-electron chi connectivity index (χ0n) is 14.5. The zero-order valence-corrected chi connectivity index (χ0v) is 15.3. The maximum Gasteiger partial charge on any atom is 0.285 e. The summed E-state index contributed by atoms with van der Waals surface area (Å²) in [5.74, 6) is 0. The number of likely N-dealkylation sites (N-methyl/N-ethyl adjacent to an activating group) is 1. The van der Waals surface area contributed by atoms with Gasteiger partial charge in [0.2, 0.25) is 0 Å². The summed E-state index contributed by atoms with van der Waals surface area (Å²) in [6, 6.07) is 8.53. The summed E-state index contributed by atoms with van der Waals surface area (Å²) in [6.07, 6.45) is 4.93. The largest absolute Gasteiger partial charge is 0.299 e. The minimum absolute atomic E-state index is 0.440. The van der Waals surface area contributed by atoms with Crippen molar-refractivity contribution in [2.24, 2.45) is 0 Å². The lowest BCUT2D eigenvalue weighted by Gasteiger charge is -2.24. The van der Waals surface area contributed by atoms with Gasteiger partial charge in [-0.3, -0.25) is 4.90 Å². The number of thiophene rings is 1. The van der Waals surface area contributed by atoms with Crippen LogP contribution in [0.3, 0.4) is 0 Å². The number of aromatic nitrogens is 3. The Kier molecular flexibility index (Phi) is 3.52. The highest BCUT2D eigenvalue weighted by Crippen LogP contribution is 2.35. The first kappa shape index (κ1) is 15.5. The number of fused-ring (bicyclic) bond motifs is 4. The van der Waals surface area contributed by atoms with Gasteiger partial charge in [-0.15, -0.1) is 11.3 Å². The fourth-order valence-electron chi connectivity index (χ4n) is 3.73. The number of rotatable bonds is 2. The highest BCUT2D eigenvalue weighted by atomic mass is 32.1. The van der Waals surface area contributed by atoms with Crippen LogP contribution in [0.15, 0.2) is 30.6 Å². The molecule has 5 nitrogen and oxygen atoms in total. The Morgan fingerprint density at radius 2 is 2.27 bits per heavy atom. The molecule has 2 N–H and O–H groups in total. The first-order valence-corrected chi connectivity index (χ1v) is 9.64. The van der Waals surface area contributed by atoms with Gasteiger partial charge in [0.1, 0.15) is 11.8 Å². The van der Waals surface area contributed by atoms with E-state index >= 15 is 0 Å². The Hall–Kier alpha value is -2.75. The van der Waals surface area contributed by atoms with Crippen molar-refractivity contribution in [2.45, 2.75) is 19.9 Å². The first-order chi connectivity index (χ1) is 12.7. The standard InChI is InChI=1S/C20H17N5S/c1-2-25-4-3-18-13(11-25)6-19(26-18)12-5-16-15-7-14(8-21)22-10-17(15)24-20(16)23-9-12/h5-7,9-10H,2-4,11H2,1H3,(H,23,24)/p+1. The third kappa shape index (κ3) is 2.40. The Bertz CT molecular complexity index is 1180. The average molecular weight is 360 g/mol. The van der Waals surface area contributed by atoms with Gasteiger partial charge in [-0.25, -0.2) is 15.0 Å². The molecule has 0 amide bonds. The molecule has 0 unspecified atom stereocenters. The number of hydrogen-bond donors (Lipinski definition) is 1. The van der Waals surface area contributed by atoms with Gasteiger partial charge in [0, 0.05) is 33.8 Å². The maximum absolute atomic E-state index is 9.14. The van der Waals surface area contributed by atoms with Gasteiger partial charge in [-0.1, -0.05) is 6.92 Å². The average Bonchev–Trinajstić information content (AvgIpc) is 3.27. The van der Waals surface area contributed by atoms with E-state index in [-0.39, 0.29) is 0 Å². The van der Waals surface area contributed by atoms with Gasteiger partial charge in [0.25, 0.3) is 5.65 Å². The molecular weight excluding hydrogens is 342 g/mol. The molecule has 0 aliphatic carbocycles. The minimum Gasteiger partial charge on any atom is -0.299 e. The molecule has 0 fully saturated rings. The Morgan fingerprint density at radius 1 is 1.35 bits per heavy atom. The van der Waals surface area contributed by atoms with E-state index in [0.717, 1.165) is 48.0 Å². The molecule has 1 aliphatic heterocycles.